The SMILES string of the molecule is CSCCC(NC(=O)OC(C)(C)C)C(=O)N(CCO)C(C(=O)NC(Cc1ccccc1)C(=O)OC(C)(C)C)c1ccccc1C. The maximum Gasteiger partial charge on any atom is 0.408 e. The van der Waals surface area contributed by atoms with Gasteiger partial charge in [-0.3, -0.25) is 9.59 Å². The maximum atomic E-state index is 14.3. The van der Waals surface area contributed by atoms with E-state index in [1.54, 1.807) is 53.7 Å². The minimum atomic E-state index is -1.23. The molecule has 0 radical (unpaired) electrons. The number of aryl methyl sites for hydroxylation is 1. The fraction of sp³-hybridized carbons (Fsp3) is 0.529. The van der Waals surface area contributed by atoms with Crippen molar-refractivity contribution in [1.29, 1.82) is 0 Å². The molecule has 0 fully saturated rings. The lowest BCUT2D eigenvalue weighted by atomic mass is 9.97. The number of carbonyl (C=O) groups excluding carboxylic acids is 4. The monoisotopic (exact) mass is 643 g/mol. The number of hydrogen-bond donors (Lipinski definition) is 3. The highest BCUT2D eigenvalue weighted by Gasteiger charge is 2.38. The number of hydrogen-bond acceptors (Lipinski definition) is 8. The Hall–Kier alpha value is -3.57. The van der Waals surface area contributed by atoms with Gasteiger partial charge >= 0.3 is 12.1 Å². The Morgan fingerprint density at radius 2 is 1.47 bits per heavy atom. The van der Waals surface area contributed by atoms with Crippen LogP contribution in [0.25, 0.3) is 0 Å². The van der Waals surface area contributed by atoms with Gasteiger partial charge in [0.25, 0.3) is 0 Å². The van der Waals surface area contributed by atoms with E-state index >= 15 is 0 Å². The summed E-state index contributed by atoms with van der Waals surface area (Å²) in [6.07, 6.45) is 1.54. The highest BCUT2D eigenvalue weighted by Crippen LogP contribution is 2.27. The van der Waals surface area contributed by atoms with E-state index in [0.29, 0.717) is 11.3 Å². The summed E-state index contributed by atoms with van der Waals surface area (Å²) in [7, 11) is 0. The maximum absolute atomic E-state index is 14.3. The van der Waals surface area contributed by atoms with Gasteiger partial charge in [-0.1, -0.05) is 54.6 Å². The van der Waals surface area contributed by atoms with E-state index in [-0.39, 0.29) is 19.4 Å². The van der Waals surface area contributed by atoms with Crippen molar-refractivity contribution in [1.82, 2.24) is 15.5 Å². The van der Waals surface area contributed by atoms with Crippen LogP contribution in [0.3, 0.4) is 0 Å². The standard InChI is InChI=1S/C34H49N3O7S/c1-23-14-12-13-17-25(23)28(29(39)35-27(31(41)43-33(2,3)4)22-24-15-10-9-11-16-24)37(19-20-38)30(40)26(18-21-45-8)36-32(42)44-34(5,6)7/h9-17,26-28,38H,18-22H2,1-8H3,(H,35,39)(H,36,42). The van der Waals surface area contributed by atoms with Crippen LogP contribution in [0.4, 0.5) is 4.79 Å². The zero-order valence-corrected chi connectivity index (χ0v) is 28.5. The second kappa shape index (κ2) is 17.2. The van der Waals surface area contributed by atoms with Gasteiger partial charge < -0.3 is 30.1 Å². The molecule has 2 aromatic rings. The molecule has 0 bridgehead atoms. The number of nitrogens with one attached hydrogen (secondary N) is 2. The molecule has 0 aliphatic rings. The molecular weight excluding hydrogens is 594 g/mol. The third-order valence-electron chi connectivity index (χ3n) is 6.56. The number of aliphatic hydroxyl groups excluding tert-OH is 1. The van der Waals surface area contributed by atoms with Crippen molar-refractivity contribution in [2.24, 2.45) is 0 Å². The highest BCUT2D eigenvalue weighted by atomic mass is 32.2. The van der Waals surface area contributed by atoms with Crippen molar-refractivity contribution in [2.45, 2.75) is 90.6 Å². The molecule has 0 saturated carbocycles. The van der Waals surface area contributed by atoms with Gasteiger partial charge in [-0.15, -0.1) is 0 Å². The average Bonchev–Trinajstić information content (AvgIpc) is 2.94. The van der Waals surface area contributed by atoms with Crippen LogP contribution in [0.15, 0.2) is 54.6 Å². The fourth-order valence-corrected chi connectivity index (χ4v) is 5.10. The number of carbonyl (C=O) groups is 4. The van der Waals surface area contributed by atoms with E-state index in [1.165, 1.54) is 16.7 Å². The summed E-state index contributed by atoms with van der Waals surface area (Å²) in [4.78, 5) is 56.0. The number of ether oxygens (including phenoxy) is 2. The lowest BCUT2D eigenvalue weighted by Crippen LogP contribution is -2.55. The molecule has 0 saturated heterocycles. The fourth-order valence-electron chi connectivity index (χ4n) is 4.63. The first-order valence-electron chi connectivity index (χ1n) is 15.1. The smallest absolute Gasteiger partial charge is 0.408 e. The summed E-state index contributed by atoms with van der Waals surface area (Å²) in [5.74, 6) is -1.27. The Kier molecular flexibility index (Phi) is 14.4. The van der Waals surface area contributed by atoms with Crippen LogP contribution in [0.2, 0.25) is 0 Å². The zero-order valence-electron chi connectivity index (χ0n) is 27.7. The Bertz CT molecular complexity index is 1270. The van der Waals surface area contributed by atoms with E-state index < -0.39 is 59.8 Å². The van der Waals surface area contributed by atoms with Crippen LogP contribution < -0.4 is 10.6 Å². The van der Waals surface area contributed by atoms with Gasteiger partial charge in [-0.05, 0) is 83.6 Å². The largest absolute Gasteiger partial charge is 0.458 e. The number of alkyl carbamates (subject to hydrolysis) is 1. The van der Waals surface area contributed by atoms with E-state index in [0.717, 1.165) is 11.1 Å². The number of aliphatic hydroxyl groups is 1. The number of benzene rings is 2. The molecule has 0 heterocycles. The molecule has 11 heteroatoms. The molecule has 0 aliphatic carbocycles. The normalized spacial score (nSPS) is 13.6. The second-order valence-corrected chi connectivity index (χ2v) is 13.8. The lowest BCUT2D eigenvalue weighted by molar-refractivity contribution is -0.159. The van der Waals surface area contributed by atoms with Crippen LogP contribution >= 0.6 is 11.8 Å². The van der Waals surface area contributed by atoms with Crippen LogP contribution in [0.5, 0.6) is 0 Å². The van der Waals surface area contributed by atoms with Crippen molar-refractivity contribution >= 4 is 35.6 Å². The van der Waals surface area contributed by atoms with Crippen LogP contribution in [0.1, 0.15) is 70.7 Å². The number of thioether (sulfide) groups is 1. The Balaban J connectivity index is 2.57. The number of amides is 3. The molecule has 0 spiro atoms. The molecule has 10 nitrogen and oxygen atoms in total. The van der Waals surface area contributed by atoms with Gasteiger partial charge in [0.05, 0.1) is 6.61 Å². The second-order valence-electron chi connectivity index (χ2n) is 12.8. The first-order valence-corrected chi connectivity index (χ1v) is 16.5. The molecule has 248 valence electrons. The van der Waals surface area contributed by atoms with E-state index in [2.05, 4.69) is 10.6 Å². The summed E-state index contributed by atoms with van der Waals surface area (Å²) in [6, 6.07) is 13.0. The molecule has 45 heavy (non-hydrogen) atoms. The quantitative estimate of drug-likeness (QED) is 0.255. The van der Waals surface area contributed by atoms with Crippen molar-refractivity contribution in [2.75, 3.05) is 25.2 Å². The molecule has 2 rings (SSSR count). The topological polar surface area (TPSA) is 134 Å². The van der Waals surface area contributed by atoms with E-state index in [4.69, 9.17) is 9.47 Å². The third kappa shape index (κ3) is 12.8. The summed E-state index contributed by atoms with van der Waals surface area (Å²) in [5.41, 5.74) is 0.457. The zero-order chi connectivity index (χ0) is 33.8. The summed E-state index contributed by atoms with van der Waals surface area (Å²) < 4.78 is 11.1. The van der Waals surface area contributed by atoms with Crippen LogP contribution in [-0.4, -0.2) is 82.3 Å². The van der Waals surface area contributed by atoms with Gasteiger partial charge in [0.1, 0.15) is 29.3 Å². The predicted octanol–water partition coefficient (Wildman–Crippen LogP) is 4.57. The molecule has 0 aromatic heterocycles. The molecule has 3 N–H and O–H groups in total. The van der Waals surface area contributed by atoms with Crippen LogP contribution in [-0.2, 0) is 30.3 Å². The first kappa shape index (κ1) is 37.6. The van der Waals surface area contributed by atoms with Gasteiger partial charge in [0, 0.05) is 13.0 Å². The molecular formula is C34H49N3O7S. The Morgan fingerprint density at radius 1 is 0.867 bits per heavy atom. The lowest BCUT2D eigenvalue weighted by Gasteiger charge is -2.35. The molecule has 3 amide bonds. The number of rotatable bonds is 14. The van der Waals surface area contributed by atoms with Gasteiger partial charge in [-0.2, -0.15) is 11.8 Å². The highest BCUT2D eigenvalue weighted by molar-refractivity contribution is 7.98. The van der Waals surface area contributed by atoms with Crippen molar-refractivity contribution in [3.8, 4) is 0 Å². The number of nitrogens with zero attached hydrogens (tertiary/aromatic N) is 1. The molecule has 3 unspecified atom stereocenters. The van der Waals surface area contributed by atoms with Gasteiger partial charge in [0.2, 0.25) is 11.8 Å². The summed E-state index contributed by atoms with van der Waals surface area (Å²) in [5, 5.41) is 15.6. The average molecular weight is 644 g/mol. The summed E-state index contributed by atoms with van der Waals surface area (Å²) in [6.45, 7) is 11.6. The van der Waals surface area contributed by atoms with Gasteiger partial charge in [0.15, 0.2) is 0 Å². The molecule has 0 aliphatic heterocycles. The predicted molar refractivity (Wildman–Crippen MR) is 177 cm³/mol. The van der Waals surface area contributed by atoms with Crippen molar-refractivity contribution in [3.63, 3.8) is 0 Å². The van der Waals surface area contributed by atoms with Crippen LogP contribution in [0, 0.1) is 6.92 Å². The minimum absolute atomic E-state index is 0.159. The van der Waals surface area contributed by atoms with E-state index in [9.17, 15) is 24.3 Å². The summed E-state index contributed by atoms with van der Waals surface area (Å²) >= 11 is 1.50. The first-order chi connectivity index (χ1) is 21.1. The van der Waals surface area contributed by atoms with Gasteiger partial charge in [-0.25, -0.2) is 9.59 Å². The Morgan fingerprint density at radius 3 is 2.02 bits per heavy atom. The molecule has 3 atom stereocenters. The number of esters is 1. The van der Waals surface area contributed by atoms with Crippen molar-refractivity contribution in [3.05, 3.63) is 71.3 Å². The molecule has 2 aromatic carbocycles. The Labute approximate surface area is 271 Å². The van der Waals surface area contributed by atoms with Crippen molar-refractivity contribution < 1.29 is 33.8 Å². The van der Waals surface area contributed by atoms with E-state index in [1.807, 2.05) is 55.6 Å². The third-order valence-corrected chi connectivity index (χ3v) is 7.20. The minimum Gasteiger partial charge on any atom is -0.458 e.